The molecule has 104 valence electrons. The van der Waals surface area contributed by atoms with Gasteiger partial charge in [0.1, 0.15) is 5.73 Å². The fourth-order valence-corrected chi connectivity index (χ4v) is 3.15. The molecule has 0 spiro atoms. The van der Waals surface area contributed by atoms with Crippen LogP contribution in [-0.4, -0.2) is 18.3 Å². The molecule has 2 rings (SSSR count). The van der Waals surface area contributed by atoms with E-state index in [0.29, 0.717) is 5.57 Å². The zero-order valence-electron chi connectivity index (χ0n) is 11.7. The lowest BCUT2D eigenvalue weighted by Crippen LogP contribution is -2.41. The molecule has 2 heterocycles. The Morgan fingerprint density at radius 2 is 1.74 bits per heavy atom. The van der Waals surface area contributed by atoms with Crippen LogP contribution >= 0.6 is 27.3 Å². The van der Waals surface area contributed by atoms with Crippen LogP contribution in [0.15, 0.2) is 21.6 Å². The van der Waals surface area contributed by atoms with Crippen molar-refractivity contribution in [2.24, 2.45) is 0 Å². The third kappa shape index (κ3) is 2.82. The molecular formula is C13H17BBrFO2S. The van der Waals surface area contributed by atoms with Crippen LogP contribution in [0.1, 0.15) is 39.5 Å². The highest BCUT2D eigenvalue weighted by Gasteiger charge is 2.53. The zero-order valence-corrected chi connectivity index (χ0v) is 14.1. The van der Waals surface area contributed by atoms with Crippen molar-refractivity contribution in [3.8, 4) is 0 Å². The van der Waals surface area contributed by atoms with E-state index in [1.54, 1.807) is 6.92 Å². The van der Waals surface area contributed by atoms with Gasteiger partial charge in [0.2, 0.25) is 0 Å². The molecule has 1 saturated heterocycles. The Balaban J connectivity index is 2.28. The predicted molar refractivity (Wildman–Crippen MR) is 81.8 cm³/mol. The van der Waals surface area contributed by atoms with Crippen molar-refractivity contribution in [3.05, 3.63) is 26.5 Å². The highest BCUT2D eigenvalue weighted by atomic mass is 79.9. The molecule has 6 heteroatoms. The van der Waals surface area contributed by atoms with E-state index >= 15 is 0 Å². The van der Waals surface area contributed by atoms with E-state index in [4.69, 9.17) is 9.31 Å². The van der Waals surface area contributed by atoms with Crippen LogP contribution in [0.3, 0.4) is 0 Å². The summed E-state index contributed by atoms with van der Waals surface area (Å²) in [5, 5.41) is 0. The van der Waals surface area contributed by atoms with Crippen LogP contribution in [0, 0.1) is 0 Å². The molecule has 0 amide bonds. The second-order valence-corrected chi connectivity index (χ2v) is 8.13. The molecule has 1 aliphatic rings. The predicted octanol–water partition coefficient (Wildman–Crippen LogP) is 4.84. The molecule has 0 radical (unpaired) electrons. The zero-order chi connectivity index (χ0) is 14.4. The van der Waals surface area contributed by atoms with Gasteiger partial charge in [0.25, 0.3) is 0 Å². The summed E-state index contributed by atoms with van der Waals surface area (Å²) >= 11 is 4.87. The highest BCUT2D eigenvalue weighted by Crippen LogP contribution is 2.40. The number of allylic oxidation sites excluding steroid dienone is 1. The second kappa shape index (κ2) is 4.99. The largest absolute Gasteiger partial charge is 0.525 e. The molecule has 0 bridgehead atoms. The number of halogens is 2. The van der Waals surface area contributed by atoms with Crippen LogP contribution < -0.4 is 0 Å². The van der Waals surface area contributed by atoms with Gasteiger partial charge in [-0.2, -0.15) is 0 Å². The Bertz CT molecular complexity index is 508. The summed E-state index contributed by atoms with van der Waals surface area (Å²) in [5.41, 5.74) is -0.835. The van der Waals surface area contributed by atoms with Crippen LogP contribution in [0.25, 0.3) is 5.57 Å². The third-order valence-electron chi connectivity index (χ3n) is 3.76. The molecule has 19 heavy (non-hydrogen) atoms. The summed E-state index contributed by atoms with van der Waals surface area (Å²) in [7, 11) is -0.925. The standard InChI is InChI=1S/C13H17BBrFO2S/c1-8(9-6-7-10(15)19-9)11(16)14-17-12(2,3)13(4,5)18-14/h6-7H,1-5H3. The first kappa shape index (κ1) is 15.2. The SMILES string of the molecule is CC(=C(F)B1OC(C)(C)C(C)(C)O1)c1ccc(Br)s1. The Morgan fingerprint density at radius 1 is 1.21 bits per heavy atom. The average molecular weight is 347 g/mol. The molecule has 0 aromatic carbocycles. The van der Waals surface area contributed by atoms with Gasteiger partial charge in [0.15, 0.2) is 0 Å². The summed E-state index contributed by atoms with van der Waals surface area (Å²) in [4.78, 5) is 0.874. The van der Waals surface area contributed by atoms with Crippen LogP contribution in [0.4, 0.5) is 4.39 Å². The van der Waals surface area contributed by atoms with Gasteiger partial charge in [0, 0.05) is 4.88 Å². The van der Waals surface area contributed by atoms with Gasteiger partial charge in [-0.05, 0) is 68.3 Å². The van der Waals surface area contributed by atoms with Crippen LogP contribution in [-0.2, 0) is 9.31 Å². The van der Waals surface area contributed by atoms with Crippen LogP contribution in [0.2, 0.25) is 0 Å². The van der Waals surface area contributed by atoms with E-state index in [2.05, 4.69) is 15.9 Å². The van der Waals surface area contributed by atoms with Gasteiger partial charge in [-0.3, -0.25) is 0 Å². The monoisotopic (exact) mass is 346 g/mol. The lowest BCUT2D eigenvalue weighted by molar-refractivity contribution is 0.00578. The van der Waals surface area contributed by atoms with E-state index < -0.39 is 18.3 Å². The maximum absolute atomic E-state index is 14.5. The maximum atomic E-state index is 14.5. The first-order chi connectivity index (χ1) is 8.64. The first-order valence-electron chi connectivity index (χ1n) is 6.12. The molecule has 0 N–H and O–H groups in total. The van der Waals surface area contributed by atoms with Crippen molar-refractivity contribution in [3.63, 3.8) is 0 Å². The van der Waals surface area contributed by atoms with Gasteiger partial charge in [-0.15, -0.1) is 11.3 Å². The third-order valence-corrected chi connectivity index (χ3v) is 5.50. The summed E-state index contributed by atoms with van der Waals surface area (Å²) in [6.45, 7) is 9.40. The number of rotatable bonds is 2. The molecular weight excluding hydrogens is 330 g/mol. The molecule has 1 aliphatic heterocycles. The summed E-state index contributed by atoms with van der Waals surface area (Å²) < 4.78 is 26.9. The molecule has 0 aliphatic carbocycles. The number of hydrogen-bond donors (Lipinski definition) is 0. The maximum Gasteiger partial charge on any atom is 0.525 e. The molecule has 1 aromatic heterocycles. The Labute approximate surface area is 126 Å². The van der Waals surface area contributed by atoms with E-state index in [1.165, 1.54) is 11.3 Å². The second-order valence-electron chi connectivity index (χ2n) is 5.66. The molecule has 0 saturated carbocycles. The van der Waals surface area contributed by atoms with Crippen molar-refractivity contribution in [1.82, 2.24) is 0 Å². The minimum absolute atomic E-state index is 0.354. The highest BCUT2D eigenvalue weighted by molar-refractivity contribution is 9.11. The van der Waals surface area contributed by atoms with Crippen molar-refractivity contribution in [2.45, 2.75) is 45.8 Å². The van der Waals surface area contributed by atoms with Crippen molar-refractivity contribution >= 4 is 40.0 Å². The van der Waals surface area contributed by atoms with Gasteiger partial charge in [-0.1, -0.05) is 0 Å². The summed E-state index contributed by atoms with van der Waals surface area (Å²) in [6, 6.07) is 3.79. The molecule has 2 nitrogen and oxygen atoms in total. The van der Waals surface area contributed by atoms with E-state index in [0.717, 1.165) is 8.66 Å². The Kier molecular flexibility index (Phi) is 4.00. The summed E-state index contributed by atoms with van der Waals surface area (Å²) in [5.74, 6) is 0. The number of thiophene rings is 1. The lowest BCUT2D eigenvalue weighted by atomic mass is 9.84. The van der Waals surface area contributed by atoms with E-state index in [-0.39, 0.29) is 5.73 Å². The van der Waals surface area contributed by atoms with Gasteiger partial charge < -0.3 is 9.31 Å². The topological polar surface area (TPSA) is 18.5 Å². The smallest absolute Gasteiger partial charge is 0.398 e. The Morgan fingerprint density at radius 3 is 2.16 bits per heavy atom. The van der Waals surface area contributed by atoms with Crippen molar-refractivity contribution < 1.29 is 13.7 Å². The average Bonchev–Trinajstić information content (AvgIpc) is 2.79. The van der Waals surface area contributed by atoms with Gasteiger partial charge in [-0.25, -0.2) is 4.39 Å². The molecule has 1 aromatic rings. The Hall–Kier alpha value is -0.165. The molecule has 0 unspecified atom stereocenters. The van der Waals surface area contributed by atoms with Crippen LogP contribution in [0.5, 0.6) is 0 Å². The number of hydrogen-bond acceptors (Lipinski definition) is 3. The van der Waals surface area contributed by atoms with Crippen molar-refractivity contribution in [2.75, 3.05) is 0 Å². The molecule has 0 atom stereocenters. The minimum Gasteiger partial charge on any atom is -0.398 e. The quantitative estimate of drug-likeness (QED) is 0.713. The molecule has 1 fully saturated rings. The van der Waals surface area contributed by atoms with E-state index in [9.17, 15) is 4.39 Å². The van der Waals surface area contributed by atoms with Gasteiger partial charge in [0.05, 0.1) is 15.0 Å². The van der Waals surface area contributed by atoms with Gasteiger partial charge >= 0.3 is 7.12 Å². The lowest BCUT2D eigenvalue weighted by Gasteiger charge is -2.32. The fraction of sp³-hybridized carbons (Fsp3) is 0.538. The minimum atomic E-state index is -0.925. The summed E-state index contributed by atoms with van der Waals surface area (Å²) in [6.07, 6.45) is 0. The fourth-order valence-electron chi connectivity index (χ4n) is 1.76. The first-order valence-corrected chi connectivity index (χ1v) is 7.72. The van der Waals surface area contributed by atoms with E-state index in [1.807, 2.05) is 39.8 Å². The van der Waals surface area contributed by atoms with Crippen molar-refractivity contribution in [1.29, 1.82) is 0 Å². The normalized spacial score (nSPS) is 22.6.